The van der Waals surface area contributed by atoms with Crippen LogP contribution in [0.2, 0.25) is 0 Å². The SMILES string of the molecule is CCCCCCCOC(=O)N[C@@H](CC1CCCCC1)C(=O)N[C@H](CO)CCC(=O)N1CCOc2ccccc2C1. The minimum absolute atomic E-state index is 0.0487. The lowest BCUT2D eigenvalue weighted by Crippen LogP contribution is -2.51. The molecule has 2 aliphatic rings. The second-order valence-electron chi connectivity index (χ2n) is 11.2. The van der Waals surface area contributed by atoms with Crippen LogP contribution in [0.5, 0.6) is 5.75 Å². The topological polar surface area (TPSA) is 117 Å². The van der Waals surface area contributed by atoms with Crippen molar-refractivity contribution in [1.82, 2.24) is 15.5 Å². The number of hydrogen-bond donors (Lipinski definition) is 3. The largest absolute Gasteiger partial charge is 0.491 e. The minimum atomic E-state index is -0.736. The van der Waals surface area contributed by atoms with Gasteiger partial charge in [0.2, 0.25) is 11.8 Å². The molecular formula is C31H49N3O6. The molecule has 1 saturated carbocycles. The van der Waals surface area contributed by atoms with Gasteiger partial charge in [-0.1, -0.05) is 82.9 Å². The highest BCUT2D eigenvalue weighted by molar-refractivity contribution is 5.86. The molecule has 0 unspecified atom stereocenters. The maximum absolute atomic E-state index is 13.3. The molecule has 0 saturated heterocycles. The number of aliphatic hydroxyl groups is 1. The minimum Gasteiger partial charge on any atom is -0.491 e. The third-order valence-corrected chi connectivity index (χ3v) is 7.96. The molecule has 3 rings (SSSR count). The number of aliphatic hydroxyl groups excluding tert-OH is 1. The van der Waals surface area contributed by atoms with E-state index in [1.807, 2.05) is 24.3 Å². The van der Waals surface area contributed by atoms with Crippen molar-refractivity contribution < 1.29 is 29.0 Å². The summed E-state index contributed by atoms with van der Waals surface area (Å²) in [7, 11) is 0. The van der Waals surface area contributed by atoms with Gasteiger partial charge in [-0.3, -0.25) is 9.59 Å². The quantitative estimate of drug-likeness (QED) is 0.268. The van der Waals surface area contributed by atoms with Gasteiger partial charge >= 0.3 is 6.09 Å². The van der Waals surface area contributed by atoms with Gasteiger partial charge < -0.3 is 30.1 Å². The lowest BCUT2D eigenvalue weighted by atomic mass is 9.84. The normalized spacial score (nSPS) is 17.1. The van der Waals surface area contributed by atoms with Crippen molar-refractivity contribution in [1.29, 1.82) is 0 Å². The Kier molecular flexibility index (Phi) is 14.1. The Morgan fingerprint density at radius 3 is 2.62 bits per heavy atom. The van der Waals surface area contributed by atoms with E-state index < -0.39 is 18.2 Å². The lowest BCUT2D eigenvalue weighted by Gasteiger charge is -2.28. The van der Waals surface area contributed by atoms with Crippen LogP contribution in [0.3, 0.4) is 0 Å². The molecule has 9 heteroatoms. The number of para-hydroxylation sites is 1. The van der Waals surface area contributed by atoms with Gasteiger partial charge in [0, 0.05) is 18.5 Å². The number of alkyl carbamates (subject to hydrolysis) is 1. The van der Waals surface area contributed by atoms with Crippen LogP contribution in [0.1, 0.15) is 96.0 Å². The molecule has 1 aliphatic heterocycles. The van der Waals surface area contributed by atoms with Crippen molar-refractivity contribution in [3.05, 3.63) is 29.8 Å². The fraction of sp³-hybridized carbons (Fsp3) is 0.710. The number of nitrogens with one attached hydrogen (secondary N) is 2. The Labute approximate surface area is 239 Å². The number of carbonyl (C=O) groups excluding carboxylic acids is 3. The van der Waals surface area contributed by atoms with Crippen LogP contribution in [0, 0.1) is 5.92 Å². The van der Waals surface area contributed by atoms with Gasteiger partial charge in [-0.05, 0) is 31.2 Å². The molecule has 0 aromatic heterocycles. The number of carbonyl (C=O) groups is 3. The number of amides is 3. The van der Waals surface area contributed by atoms with Crippen LogP contribution in [-0.2, 0) is 20.9 Å². The average molecular weight is 560 g/mol. The lowest BCUT2D eigenvalue weighted by molar-refractivity contribution is -0.132. The van der Waals surface area contributed by atoms with E-state index in [1.165, 1.54) is 12.8 Å². The maximum Gasteiger partial charge on any atom is 0.407 e. The van der Waals surface area contributed by atoms with Crippen molar-refractivity contribution in [2.75, 3.05) is 26.4 Å². The predicted molar refractivity (Wildman–Crippen MR) is 154 cm³/mol. The van der Waals surface area contributed by atoms with Crippen LogP contribution in [0.15, 0.2) is 24.3 Å². The van der Waals surface area contributed by atoms with E-state index in [0.717, 1.165) is 62.7 Å². The molecule has 3 amide bonds. The second-order valence-corrected chi connectivity index (χ2v) is 11.2. The summed E-state index contributed by atoms with van der Waals surface area (Å²) in [5, 5.41) is 15.7. The van der Waals surface area contributed by atoms with Crippen LogP contribution in [-0.4, -0.2) is 66.4 Å². The van der Waals surface area contributed by atoms with Crippen LogP contribution in [0.25, 0.3) is 0 Å². The molecular weight excluding hydrogens is 510 g/mol. The van der Waals surface area contributed by atoms with Crippen molar-refractivity contribution in [2.24, 2.45) is 5.92 Å². The number of rotatable bonds is 15. The number of nitrogens with zero attached hydrogens (tertiary/aromatic N) is 1. The number of hydrogen-bond acceptors (Lipinski definition) is 6. The molecule has 40 heavy (non-hydrogen) atoms. The molecule has 3 N–H and O–H groups in total. The first-order valence-corrected chi connectivity index (χ1v) is 15.3. The van der Waals surface area contributed by atoms with Gasteiger partial charge in [0.25, 0.3) is 0 Å². The Morgan fingerprint density at radius 2 is 1.85 bits per heavy atom. The van der Waals surface area contributed by atoms with Gasteiger partial charge in [0.05, 0.1) is 25.8 Å². The first kappa shape index (κ1) is 31.7. The van der Waals surface area contributed by atoms with Crippen LogP contribution < -0.4 is 15.4 Å². The molecule has 1 aromatic carbocycles. The average Bonchev–Trinajstić information content (AvgIpc) is 3.20. The molecule has 0 spiro atoms. The van der Waals surface area contributed by atoms with Gasteiger partial charge in [-0.2, -0.15) is 0 Å². The van der Waals surface area contributed by atoms with Gasteiger partial charge in [-0.15, -0.1) is 0 Å². The van der Waals surface area contributed by atoms with Crippen LogP contribution >= 0.6 is 0 Å². The second kappa shape index (κ2) is 17.8. The monoisotopic (exact) mass is 559 g/mol. The van der Waals surface area contributed by atoms with E-state index in [4.69, 9.17) is 9.47 Å². The Hall–Kier alpha value is -2.81. The summed E-state index contributed by atoms with van der Waals surface area (Å²) < 4.78 is 11.1. The molecule has 9 nitrogen and oxygen atoms in total. The molecule has 224 valence electrons. The Balaban J connectivity index is 1.50. The van der Waals surface area contributed by atoms with Crippen molar-refractivity contribution >= 4 is 17.9 Å². The predicted octanol–water partition coefficient (Wildman–Crippen LogP) is 4.70. The summed E-state index contributed by atoms with van der Waals surface area (Å²) in [4.78, 5) is 40.6. The summed E-state index contributed by atoms with van der Waals surface area (Å²) in [6.45, 7) is 3.58. The van der Waals surface area contributed by atoms with Gasteiger partial charge in [-0.25, -0.2) is 4.79 Å². The molecule has 2 atom stereocenters. The highest BCUT2D eigenvalue weighted by atomic mass is 16.5. The number of fused-ring (bicyclic) bond motifs is 1. The fourth-order valence-electron chi connectivity index (χ4n) is 5.55. The van der Waals surface area contributed by atoms with Crippen molar-refractivity contribution in [3.63, 3.8) is 0 Å². The summed E-state index contributed by atoms with van der Waals surface area (Å²) in [5.74, 6) is 0.771. The molecule has 1 aromatic rings. The maximum atomic E-state index is 13.3. The zero-order valence-corrected chi connectivity index (χ0v) is 24.2. The van der Waals surface area contributed by atoms with E-state index in [9.17, 15) is 19.5 Å². The first-order valence-electron chi connectivity index (χ1n) is 15.3. The van der Waals surface area contributed by atoms with Crippen molar-refractivity contribution in [3.8, 4) is 5.75 Å². The zero-order valence-electron chi connectivity index (χ0n) is 24.2. The Morgan fingerprint density at radius 1 is 1.07 bits per heavy atom. The molecule has 1 fully saturated rings. The Bertz CT molecular complexity index is 920. The first-order chi connectivity index (χ1) is 19.5. The number of ether oxygens (including phenoxy) is 2. The number of unbranched alkanes of at least 4 members (excludes halogenated alkanes) is 4. The van der Waals surface area contributed by atoms with E-state index in [-0.39, 0.29) is 24.8 Å². The smallest absolute Gasteiger partial charge is 0.407 e. The zero-order chi connectivity index (χ0) is 28.6. The van der Waals surface area contributed by atoms with E-state index in [1.54, 1.807) is 4.90 Å². The van der Waals surface area contributed by atoms with E-state index >= 15 is 0 Å². The molecule has 1 heterocycles. The van der Waals surface area contributed by atoms with Gasteiger partial charge in [0.1, 0.15) is 18.4 Å². The van der Waals surface area contributed by atoms with Crippen molar-refractivity contribution in [2.45, 2.75) is 109 Å². The van der Waals surface area contributed by atoms with Crippen LogP contribution in [0.4, 0.5) is 4.79 Å². The standard InChI is InChI=1S/C31H49N3O6/c1-2-3-4-5-11-19-40-31(38)33-27(21-24-12-7-6-8-13-24)30(37)32-26(23-35)16-17-29(36)34-18-20-39-28-15-10-9-14-25(28)22-34/h9-10,14-15,24,26-27,35H,2-8,11-13,16-23H2,1H3,(H,32,37)(H,33,38)/t26-,27-/m0/s1. The molecule has 1 aliphatic carbocycles. The summed E-state index contributed by atoms with van der Waals surface area (Å²) in [5.41, 5.74) is 0.963. The summed E-state index contributed by atoms with van der Waals surface area (Å²) in [6, 6.07) is 6.37. The summed E-state index contributed by atoms with van der Waals surface area (Å²) >= 11 is 0. The molecule has 0 radical (unpaired) electrons. The van der Waals surface area contributed by atoms with Gasteiger partial charge in [0.15, 0.2) is 0 Å². The highest BCUT2D eigenvalue weighted by Gasteiger charge is 2.28. The fourth-order valence-corrected chi connectivity index (χ4v) is 5.55. The van der Waals surface area contributed by atoms with E-state index in [2.05, 4.69) is 17.6 Å². The third kappa shape index (κ3) is 11.0. The third-order valence-electron chi connectivity index (χ3n) is 7.96. The van der Waals surface area contributed by atoms with E-state index in [0.29, 0.717) is 45.1 Å². The molecule has 0 bridgehead atoms. The highest BCUT2D eigenvalue weighted by Crippen LogP contribution is 2.27. The number of benzene rings is 1. The summed E-state index contributed by atoms with van der Waals surface area (Å²) in [6.07, 6.45) is 11.3.